The van der Waals surface area contributed by atoms with E-state index in [9.17, 15) is 4.79 Å². The molecule has 1 N–H and O–H groups in total. The first-order valence-corrected chi connectivity index (χ1v) is 5.38. The van der Waals surface area contributed by atoms with Crippen LogP contribution in [0, 0.1) is 0 Å². The van der Waals surface area contributed by atoms with Gasteiger partial charge in [-0.2, -0.15) is 0 Å². The second kappa shape index (κ2) is 3.94. The van der Waals surface area contributed by atoms with Crippen LogP contribution in [0.15, 0.2) is 24.4 Å². The first-order chi connectivity index (χ1) is 7.20. The summed E-state index contributed by atoms with van der Waals surface area (Å²) in [6.45, 7) is 0. The van der Waals surface area contributed by atoms with Crippen molar-refractivity contribution in [1.29, 1.82) is 0 Å². The zero-order valence-electron chi connectivity index (χ0n) is 7.64. The van der Waals surface area contributed by atoms with Gasteiger partial charge < -0.3 is 5.11 Å². The fourth-order valence-corrected chi connectivity index (χ4v) is 1.52. The van der Waals surface area contributed by atoms with Gasteiger partial charge in [0.1, 0.15) is 0 Å². The van der Waals surface area contributed by atoms with E-state index in [0.717, 1.165) is 5.69 Å². The van der Waals surface area contributed by atoms with Gasteiger partial charge in [-0.3, -0.25) is 4.98 Å². The number of carboxylic acid groups (broad SMARTS) is 1. The van der Waals surface area contributed by atoms with E-state index >= 15 is 0 Å². The van der Waals surface area contributed by atoms with Gasteiger partial charge in [-0.15, -0.1) is 0 Å². The van der Waals surface area contributed by atoms with Crippen molar-refractivity contribution in [3.8, 4) is 0 Å². The van der Waals surface area contributed by atoms with Gasteiger partial charge in [-0.25, -0.2) is 9.78 Å². The Morgan fingerprint density at radius 2 is 2.20 bits per heavy atom. The molecule has 0 radical (unpaired) electrons. The molecule has 0 bridgehead atoms. The quantitative estimate of drug-likeness (QED) is 0.847. The molecule has 0 amide bonds. The van der Waals surface area contributed by atoms with E-state index in [-0.39, 0.29) is 5.56 Å². The Morgan fingerprint density at radius 3 is 2.87 bits per heavy atom. The van der Waals surface area contributed by atoms with Crippen molar-refractivity contribution >= 4 is 32.9 Å². The maximum absolute atomic E-state index is 10.7. The molecule has 5 heteroatoms. The summed E-state index contributed by atoms with van der Waals surface area (Å²) in [5.74, 6) is -0.955. The highest BCUT2D eigenvalue weighted by Gasteiger charge is 2.05. The smallest absolute Gasteiger partial charge is 0.335 e. The summed E-state index contributed by atoms with van der Waals surface area (Å²) in [6, 6.07) is 4.71. The fourth-order valence-electron chi connectivity index (χ4n) is 1.25. The van der Waals surface area contributed by atoms with Gasteiger partial charge in [0.05, 0.1) is 22.3 Å². The largest absolute Gasteiger partial charge is 0.478 e. The molecular formula is C10H7BrN2O2. The van der Waals surface area contributed by atoms with Crippen LogP contribution >= 0.6 is 15.9 Å². The number of carbonyl (C=O) groups is 1. The van der Waals surface area contributed by atoms with Crippen LogP contribution in [-0.2, 0) is 5.33 Å². The van der Waals surface area contributed by atoms with Gasteiger partial charge in [-0.05, 0) is 18.2 Å². The Labute approximate surface area is 94.1 Å². The lowest BCUT2D eigenvalue weighted by molar-refractivity contribution is 0.0697. The third-order valence-electron chi connectivity index (χ3n) is 1.98. The minimum Gasteiger partial charge on any atom is -0.478 e. The summed E-state index contributed by atoms with van der Waals surface area (Å²) in [6.07, 6.45) is 1.63. The standard InChI is InChI=1S/C10H7BrN2O2/c11-4-7-5-12-9-3-6(10(14)15)1-2-8(9)13-7/h1-3,5H,4H2,(H,14,15). The van der Waals surface area contributed by atoms with Gasteiger partial charge >= 0.3 is 5.97 Å². The number of carboxylic acids is 1. The van der Waals surface area contributed by atoms with Crippen LogP contribution in [0.2, 0.25) is 0 Å². The number of hydrogen-bond donors (Lipinski definition) is 1. The molecule has 0 aliphatic carbocycles. The molecule has 15 heavy (non-hydrogen) atoms. The molecule has 0 aliphatic rings. The molecule has 0 aliphatic heterocycles. The van der Waals surface area contributed by atoms with E-state index in [0.29, 0.717) is 16.4 Å². The third-order valence-corrected chi connectivity index (χ3v) is 2.55. The van der Waals surface area contributed by atoms with E-state index in [1.54, 1.807) is 12.3 Å². The summed E-state index contributed by atoms with van der Waals surface area (Å²) in [7, 11) is 0. The Bertz CT molecular complexity index is 528. The SMILES string of the molecule is O=C(O)c1ccc2nc(CBr)cnc2c1. The number of alkyl halides is 1. The van der Waals surface area contributed by atoms with Crippen molar-refractivity contribution in [2.75, 3.05) is 0 Å². The first-order valence-electron chi connectivity index (χ1n) is 4.25. The number of benzene rings is 1. The van der Waals surface area contributed by atoms with Crippen molar-refractivity contribution in [1.82, 2.24) is 9.97 Å². The van der Waals surface area contributed by atoms with Gasteiger partial charge in [0.2, 0.25) is 0 Å². The molecule has 0 saturated carbocycles. The van der Waals surface area contributed by atoms with Crippen LogP contribution in [0.3, 0.4) is 0 Å². The van der Waals surface area contributed by atoms with Crippen LogP contribution < -0.4 is 0 Å². The summed E-state index contributed by atoms with van der Waals surface area (Å²) < 4.78 is 0. The predicted octanol–water partition coefficient (Wildman–Crippen LogP) is 2.22. The number of nitrogens with zero attached hydrogens (tertiary/aromatic N) is 2. The van der Waals surface area contributed by atoms with Crippen molar-refractivity contribution in [2.45, 2.75) is 5.33 Å². The molecule has 1 heterocycles. The van der Waals surface area contributed by atoms with E-state index in [1.807, 2.05) is 0 Å². The van der Waals surface area contributed by atoms with Crippen LogP contribution in [0.1, 0.15) is 16.1 Å². The number of hydrogen-bond acceptors (Lipinski definition) is 3. The minimum absolute atomic E-state index is 0.225. The number of fused-ring (bicyclic) bond motifs is 1. The van der Waals surface area contributed by atoms with Gasteiger partial charge in [-0.1, -0.05) is 15.9 Å². The third kappa shape index (κ3) is 1.97. The highest BCUT2D eigenvalue weighted by Crippen LogP contribution is 2.13. The average Bonchev–Trinajstić information content (AvgIpc) is 2.27. The van der Waals surface area contributed by atoms with Gasteiger partial charge in [0.25, 0.3) is 0 Å². The molecule has 1 aromatic heterocycles. The number of aromatic nitrogens is 2. The molecule has 0 spiro atoms. The monoisotopic (exact) mass is 266 g/mol. The van der Waals surface area contributed by atoms with E-state index in [2.05, 4.69) is 25.9 Å². The molecular weight excluding hydrogens is 260 g/mol. The summed E-state index contributed by atoms with van der Waals surface area (Å²) in [4.78, 5) is 19.1. The lowest BCUT2D eigenvalue weighted by Gasteiger charge is -2.00. The van der Waals surface area contributed by atoms with Gasteiger partial charge in [0.15, 0.2) is 0 Å². The second-order valence-electron chi connectivity index (χ2n) is 3.00. The van der Waals surface area contributed by atoms with E-state index < -0.39 is 5.97 Å². The number of aromatic carboxylic acids is 1. The van der Waals surface area contributed by atoms with Crippen LogP contribution in [0.5, 0.6) is 0 Å². The maximum atomic E-state index is 10.7. The molecule has 2 rings (SSSR count). The average molecular weight is 267 g/mol. The summed E-state index contributed by atoms with van der Waals surface area (Å²) in [5.41, 5.74) is 2.35. The predicted molar refractivity (Wildman–Crippen MR) is 59.1 cm³/mol. The maximum Gasteiger partial charge on any atom is 0.335 e. The number of rotatable bonds is 2. The molecule has 2 aromatic rings. The Kier molecular flexibility index (Phi) is 2.64. The normalized spacial score (nSPS) is 10.5. The van der Waals surface area contributed by atoms with Crippen molar-refractivity contribution in [2.24, 2.45) is 0 Å². The molecule has 0 unspecified atom stereocenters. The van der Waals surface area contributed by atoms with E-state index in [4.69, 9.17) is 5.11 Å². The lowest BCUT2D eigenvalue weighted by Crippen LogP contribution is -1.97. The van der Waals surface area contributed by atoms with Crippen molar-refractivity contribution in [3.05, 3.63) is 35.7 Å². The summed E-state index contributed by atoms with van der Waals surface area (Å²) >= 11 is 3.28. The first kappa shape index (κ1) is 10.0. The lowest BCUT2D eigenvalue weighted by atomic mass is 10.2. The summed E-state index contributed by atoms with van der Waals surface area (Å²) in [5, 5.41) is 9.42. The Hall–Kier alpha value is -1.49. The Balaban J connectivity index is 2.59. The highest BCUT2D eigenvalue weighted by molar-refractivity contribution is 9.08. The zero-order valence-corrected chi connectivity index (χ0v) is 9.23. The highest BCUT2D eigenvalue weighted by atomic mass is 79.9. The van der Waals surface area contributed by atoms with Gasteiger partial charge in [0, 0.05) is 11.5 Å². The molecule has 0 saturated heterocycles. The van der Waals surface area contributed by atoms with Crippen LogP contribution in [-0.4, -0.2) is 21.0 Å². The van der Waals surface area contributed by atoms with E-state index in [1.165, 1.54) is 12.1 Å². The molecule has 4 nitrogen and oxygen atoms in total. The molecule has 1 aromatic carbocycles. The zero-order chi connectivity index (χ0) is 10.8. The molecule has 76 valence electrons. The Morgan fingerprint density at radius 1 is 1.40 bits per heavy atom. The van der Waals surface area contributed by atoms with Crippen LogP contribution in [0.25, 0.3) is 11.0 Å². The fraction of sp³-hybridized carbons (Fsp3) is 0.100. The van der Waals surface area contributed by atoms with Crippen molar-refractivity contribution < 1.29 is 9.90 Å². The molecule has 0 fully saturated rings. The van der Waals surface area contributed by atoms with Crippen molar-refractivity contribution in [3.63, 3.8) is 0 Å². The van der Waals surface area contributed by atoms with Crippen LogP contribution in [0.4, 0.5) is 0 Å². The minimum atomic E-state index is -0.955. The molecule has 0 atom stereocenters. The topological polar surface area (TPSA) is 63.1 Å². The number of halogens is 1. The second-order valence-corrected chi connectivity index (χ2v) is 3.56.